The number of anilines is 2. The van der Waals surface area contributed by atoms with Crippen molar-refractivity contribution in [3.05, 3.63) is 65.7 Å². The van der Waals surface area contributed by atoms with Crippen LogP contribution >= 0.6 is 0 Å². The summed E-state index contributed by atoms with van der Waals surface area (Å²) in [6, 6.07) is 12.8. The minimum atomic E-state index is 0.330. The van der Waals surface area contributed by atoms with E-state index in [1.165, 1.54) is 0 Å². The lowest BCUT2D eigenvalue weighted by molar-refractivity contribution is 0.520. The van der Waals surface area contributed by atoms with Gasteiger partial charge in [-0.05, 0) is 55.5 Å². The minimum Gasteiger partial charge on any atom is -0.356 e. The third kappa shape index (κ3) is 4.13. The molecule has 164 valence electrons. The van der Waals surface area contributed by atoms with E-state index in [1.807, 2.05) is 35.8 Å². The number of piperidine rings is 1. The Morgan fingerprint density at radius 3 is 2.72 bits per heavy atom. The Hall–Kier alpha value is -3.52. The topological polar surface area (TPSA) is 97.3 Å². The predicted octanol–water partition coefficient (Wildman–Crippen LogP) is 3.34. The van der Waals surface area contributed by atoms with Gasteiger partial charge in [-0.1, -0.05) is 18.2 Å². The summed E-state index contributed by atoms with van der Waals surface area (Å²) in [5.41, 5.74) is 12.1. The molecular weight excluding hydrogens is 400 g/mol. The van der Waals surface area contributed by atoms with E-state index in [0.717, 1.165) is 65.3 Å². The molecule has 0 atom stereocenters. The average molecular weight is 429 g/mol. The van der Waals surface area contributed by atoms with Gasteiger partial charge in [0.1, 0.15) is 12.1 Å². The standard InChI is InChI=1S/C24H28N8/c1-16-10-21(19-5-3-4-18(12-19)13-25)23-29-24(30-32(23)14-16)28-20-6-8-31(9-7-20)22-11-17(2)26-15-27-22/h3-5,10-12,14-15,20H,6-9,13,25H2,1-2H3,(H,28,30). The Morgan fingerprint density at radius 2 is 1.94 bits per heavy atom. The van der Waals surface area contributed by atoms with Crippen molar-refractivity contribution in [2.45, 2.75) is 39.3 Å². The number of benzene rings is 1. The van der Waals surface area contributed by atoms with Crippen LogP contribution in [0.4, 0.5) is 11.8 Å². The SMILES string of the molecule is Cc1cc(-c2cccc(CN)c2)c2nc(NC3CCN(c4cc(C)ncn4)CC3)nn2c1. The number of fused-ring (bicyclic) bond motifs is 1. The number of hydrogen-bond donors (Lipinski definition) is 2. The summed E-state index contributed by atoms with van der Waals surface area (Å²) in [7, 11) is 0. The van der Waals surface area contributed by atoms with E-state index in [4.69, 9.17) is 15.8 Å². The van der Waals surface area contributed by atoms with Gasteiger partial charge in [-0.25, -0.2) is 14.5 Å². The number of nitrogens with two attached hydrogens (primary N) is 1. The van der Waals surface area contributed by atoms with Crippen LogP contribution in [0.25, 0.3) is 16.8 Å². The molecule has 1 saturated heterocycles. The van der Waals surface area contributed by atoms with E-state index >= 15 is 0 Å². The lowest BCUT2D eigenvalue weighted by Gasteiger charge is -2.32. The van der Waals surface area contributed by atoms with Gasteiger partial charge in [0.2, 0.25) is 5.95 Å². The van der Waals surface area contributed by atoms with E-state index in [0.29, 0.717) is 18.5 Å². The zero-order chi connectivity index (χ0) is 22.1. The van der Waals surface area contributed by atoms with E-state index in [9.17, 15) is 0 Å². The maximum atomic E-state index is 5.85. The van der Waals surface area contributed by atoms with Gasteiger partial charge in [-0.2, -0.15) is 4.98 Å². The molecule has 8 nitrogen and oxygen atoms in total. The van der Waals surface area contributed by atoms with Gasteiger partial charge in [0, 0.05) is 49.2 Å². The van der Waals surface area contributed by atoms with Crippen LogP contribution in [-0.2, 0) is 6.54 Å². The van der Waals surface area contributed by atoms with Gasteiger partial charge in [-0.15, -0.1) is 5.10 Å². The quantitative estimate of drug-likeness (QED) is 0.503. The van der Waals surface area contributed by atoms with Gasteiger partial charge in [0.15, 0.2) is 5.65 Å². The number of nitrogens with one attached hydrogen (secondary N) is 1. The maximum absolute atomic E-state index is 5.85. The summed E-state index contributed by atoms with van der Waals surface area (Å²) in [4.78, 5) is 15.8. The highest BCUT2D eigenvalue weighted by Crippen LogP contribution is 2.27. The smallest absolute Gasteiger partial charge is 0.243 e. The molecule has 4 heterocycles. The fourth-order valence-corrected chi connectivity index (χ4v) is 4.31. The second-order valence-electron chi connectivity index (χ2n) is 8.46. The largest absolute Gasteiger partial charge is 0.356 e. The molecular formula is C24H28N8. The Bertz CT molecular complexity index is 1240. The summed E-state index contributed by atoms with van der Waals surface area (Å²) in [5.74, 6) is 1.67. The minimum absolute atomic E-state index is 0.330. The molecule has 0 unspecified atom stereocenters. The fraction of sp³-hybridized carbons (Fsp3) is 0.333. The van der Waals surface area contributed by atoms with Crippen LogP contribution in [0.1, 0.15) is 29.7 Å². The van der Waals surface area contributed by atoms with Crippen LogP contribution in [0, 0.1) is 13.8 Å². The van der Waals surface area contributed by atoms with Crippen LogP contribution in [0.15, 0.2) is 48.9 Å². The molecule has 1 aromatic carbocycles. The van der Waals surface area contributed by atoms with Crippen LogP contribution in [0.3, 0.4) is 0 Å². The number of hydrogen-bond acceptors (Lipinski definition) is 7. The second-order valence-corrected chi connectivity index (χ2v) is 8.46. The highest BCUT2D eigenvalue weighted by Gasteiger charge is 2.22. The monoisotopic (exact) mass is 428 g/mol. The summed E-state index contributed by atoms with van der Waals surface area (Å²) in [5, 5.41) is 8.27. The Kier molecular flexibility index (Phi) is 5.45. The first-order valence-corrected chi connectivity index (χ1v) is 11.1. The number of nitrogens with zero attached hydrogens (tertiary/aromatic N) is 6. The molecule has 3 N–H and O–H groups in total. The van der Waals surface area contributed by atoms with Crippen molar-refractivity contribution in [3.63, 3.8) is 0 Å². The molecule has 4 aromatic rings. The summed E-state index contributed by atoms with van der Waals surface area (Å²) in [6.07, 6.45) is 5.66. The predicted molar refractivity (Wildman–Crippen MR) is 127 cm³/mol. The van der Waals surface area contributed by atoms with Crippen LogP contribution in [0.2, 0.25) is 0 Å². The Balaban J connectivity index is 1.35. The van der Waals surface area contributed by atoms with Crippen molar-refractivity contribution in [1.82, 2.24) is 24.6 Å². The summed E-state index contributed by atoms with van der Waals surface area (Å²) < 4.78 is 1.88. The van der Waals surface area contributed by atoms with Crippen molar-refractivity contribution < 1.29 is 0 Å². The number of rotatable bonds is 5. The Labute approximate surface area is 187 Å². The molecule has 0 radical (unpaired) electrons. The van der Waals surface area contributed by atoms with Crippen molar-refractivity contribution in [2.24, 2.45) is 5.73 Å². The van der Waals surface area contributed by atoms with Crippen molar-refractivity contribution in [1.29, 1.82) is 0 Å². The zero-order valence-electron chi connectivity index (χ0n) is 18.5. The lowest BCUT2D eigenvalue weighted by atomic mass is 10.0. The number of pyridine rings is 1. The lowest BCUT2D eigenvalue weighted by Crippen LogP contribution is -2.39. The van der Waals surface area contributed by atoms with Gasteiger partial charge >= 0.3 is 0 Å². The first-order valence-electron chi connectivity index (χ1n) is 11.1. The fourth-order valence-electron chi connectivity index (χ4n) is 4.31. The molecule has 5 rings (SSSR count). The molecule has 0 spiro atoms. The van der Waals surface area contributed by atoms with E-state index in [1.54, 1.807) is 6.33 Å². The van der Waals surface area contributed by atoms with Gasteiger partial charge in [-0.3, -0.25) is 0 Å². The van der Waals surface area contributed by atoms with Crippen molar-refractivity contribution in [3.8, 4) is 11.1 Å². The van der Waals surface area contributed by atoms with Crippen LogP contribution < -0.4 is 16.0 Å². The normalized spacial score (nSPS) is 14.8. The molecule has 0 amide bonds. The molecule has 32 heavy (non-hydrogen) atoms. The summed E-state index contributed by atoms with van der Waals surface area (Å²) in [6.45, 7) is 6.48. The zero-order valence-corrected chi connectivity index (χ0v) is 18.5. The summed E-state index contributed by atoms with van der Waals surface area (Å²) >= 11 is 0. The maximum Gasteiger partial charge on any atom is 0.243 e. The highest BCUT2D eigenvalue weighted by atomic mass is 15.4. The molecule has 1 aliphatic heterocycles. The van der Waals surface area contributed by atoms with E-state index in [-0.39, 0.29) is 0 Å². The van der Waals surface area contributed by atoms with Gasteiger partial charge in [0.25, 0.3) is 0 Å². The van der Waals surface area contributed by atoms with Crippen molar-refractivity contribution in [2.75, 3.05) is 23.3 Å². The van der Waals surface area contributed by atoms with Gasteiger partial charge in [0.05, 0.1) is 0 Å². The van der Waals surface area contributed by atoms with Crippen LogP contribution in [-0.4, -0.2) is 43.7 Å². The molecule has 0 saturated carbocycles. The second kappa shape index (κ2) is 8.55. The third-order valence-corrected chi connectivity index (χ3v) is 5.99. The third-order valence-electron chi connectivity index (χ3n) is 5.99. The van der Waals surface area contributed by atoms with E-state index in [2.05, 4.69) is 45.3 Å². The first kappa shape index (κ1) is 20.4. The van der Waals surface area contributed by atoms with Crippen LogP contribution in [0.5, 0.6) is 0 Å². The molecule has 8 heteroatoms. The first-order chi connectivity index (χ1) is 15.6. The highest BCUT2D eigenvalue weighted by molar-refractivity contribution is 5.78. The number of aromatic nitrogens is 5. The molecule has 1 aliphatic rings. The number of aryl methyl sites for hydroxylation is 2. The Morgan fingerprint density at radius 1 is 1.09 bits per heavy atom. The molecule has 1 fully saturated rings. The van der Waals surface area contributed by atoms with Gasteiger partial charge < -0.3 is 16.0 Å². The van der Waals surface area contributed by atoms with Crippen molar-refractivity contribution >= 4 is 17.4 Å². The molecule has 0 aliphatic carbocycles. The average Bonchev–Trinajstić information content (AvgIpc) is 3.21. The van der Waals surface area contributed by atoms with E-state index < -0.39 is 0 Å². The molecule has 0 bridgehead atoms. The molecule has 3 aromatic heterocycles.